The van der Waals surface area contributed by atoms with E-state index in [1.54, 1.807) is 70.3 Å². The number of carbonyl (C=O) groups is 2. The number of nitrogens with two attached hydrogens (primary N) is 2. The Morgan fingerprint density at radius 1 is 1.06 bits per heavy atom. The normalized spacial score (nSPS) is 11.8. The minimum absolute atomic E-state index is 0.0855. The third-order valence-electron chi connectivity index (χ3n) is 4.73. The van der Waals surface area contributed by atoms with E-state index in [2.05, 4.69) is 5.32 Å². The molecule has 0 fully saturated rings. The summed E-state index contributed by atoms with van der Waals surface area (Å²) in [5.41, 5.74) is 6.22. The molecule has 2 aromatic rings. The summed E-state index contributed by atoms with van der Waals surface area (Å²) in [4.78, 5) is 25.9. The molecule has 11 nitrogen and oxygen atoms in total. The molecule has 1 atom stereocenters. The van der Waals surface area contributed by atoms with Gasteiger partial charge >= 0.3 is 6.09 Å². The number of nitrogens with one attached hydrogen (secondary N) is 2. The maximum absolute atomic E-state index is 13.4. The summed E-state index contributed by atoms with van der Waals surface area (Å²) < 4.78 is 21.7. The maximum Gasteiger partial charge on any atom is 0.431 e. The molecule has 0 saturated carbocycles. The van der Waals surface area contributed by atoms with Crippen LogP contribution >= 0.6 is 0 Å². The first kappa shape index (κ1) is 28.4. The molecule has 1 unspecified atom stereocenters. The van der Waals surface area contributed by atoms with Gasteiger partial charge in [-0.25, -0.2) is 10.6 Å². The molecule has 0 aliphatic rings. The lowest BCUT2D eigenvalue weighted by atomic mass is 10.0. The number of hydrogen-bond acceptors (Lipinski definition) is 9. The molecule has 2 amide bonds. The number of benzene rings is 2. The Kier molecular flexibility index (Phi) is 10.1. The predicted octanol–water partition coefficient (Wildman–Crippen LogP) is 3.19. The fraction of sp³-hybridized carbons (Fsp3) is 0.400. The summed E-state index contributed by atoms with van der Waals surface area (Å²) in [7, 11) is 1.57. The number of carbonyl (C=O) groups excluding carboxylic acids is 2. The average Bonchev–Trinajstić information content (AvgIpc) is 2.82. The molecule has 0 saturated heterocycles. The van der Waals surface area contributed by atoms with Crippen LogP contribution in [0.25, 0.3) is 0 Å². The van der Waals surface area contributed by atoms with Crippen LogP contribution in [0, 0.1) is 5.41 Å². The van der Waals surface area contributed by atoms with Crippen molar-refractivity contribution in [1.82, 2.24) is 5.01 Å². The monoisotopic (exact) mass is 501 g/mol. The van der Waals surface area contributed by atoms with E-state index in [0.29, 0.717) is 53.1 Å². The Labute approximate surface area is 211 Å². The molecule has 0 spiro atoms. The molecule has 0 heterocycles. The summed E-state index contributed by atoms with van der Waals surface area (Å²) >= 11 is 0. The molecule has 0 radical (unpaired) electrons. The molecule has 2 aromatic carbocycles. The molecular weight excluding hydrogens is 466 g/mol. The number of imide groups is 1. The Bertz CT molecular complexity index is 1050. The van der Waals surface area contributed by atoms with Crippen molar-refractivity contribution in [2.75, 3.05) is 32.2 Å². The van der Waals surface area contributed by atoms with E-state index >= 15 is 0 Å². The van der Waals surface area contributed by atoms with Gasteiger partial charge in [0.2, 0.25) is 0 Å². The second-order valence-corrected chi connectivity index (χ2v) is 8.74. The van der Waals surface area contributed by atoms with Gasteiger partial charge in [0, 0.05) is 18.4 Å². The molecule has 0 aromatic heterocycles. The van der Waals surface area contributed by atoms with Gasteiger partial charge < -0.3 is 30.0 Å². The van der Waals surface area contributed by atoms with Crippen LogP contribution in [-0.4, -0.2) is 55.4 Å². The summed E-state index contributed by atoms with van der Waals surface area (Å²) in [6.07, 6.45) is -0.990. The van der Waals surface area contributed by atoms with Gasteiger partial charge in [-0.2, -0.15) is 5.01 Å². The van der Waals surface area contributed by atoms with Crippen LogP contribution in [0.3, 0.4) is 0 Å². The summed E-state index contributed by atoms with van der Waals surface area (Å²) in [6.45, 7) is 7.92. The van der Waals surface area contributed by atoms with Crippen LogP contribution in [-0.2, 0) is 14.3 Å². The van der Waals surface area contributed by atoms with Crippen LogP contribution < -0.4 is 26.4 Å². The van der Waals surface area contributed by atoms with Gasteiger partial charge in [0.05, 0.1) is 13.2 Å². The minimum Gasteiger partial charge on any atom is -0.490 e. The van der Waals surface area contributed by atoms with Crippen LogP contribution in [0.1, 0.15) is 44.9 Å². The lowest BCUT2D eigenvalue weighted by Crippen LogP contribution is -2.48. The SMILES string of the molecule is CCOc1cc(C(Nc2ccc(C(=N)N)cc2)C(=O)N(N)C(=O)OC(C)(C)C)ccc1OCCOC. The number of nitrogen functional groups attached to an aromatic ring is 1. The van der Waals surface area contributed by atoms with E-state index in [1.807, 2.05) is 6.92 Å². The van der Waals surface area contributed by atoms with E-state index in [1.165, 1.54) is 0 Å². The predicted molar refractivity (Wildman–Crippen MR) is 136 cm³/mol. The van der Waals surface area contributed by atoms with Crippen LogP contribution in [0.5, 0.6) is 11.5 Å². The smallest absolute Gasteiger partial charge is 0.431 e. The first-order valence-corrected chi connectivity index (χ1v) is 11.4. The highest BCUT2D eigenvalue weighted by molar-refractivity contribution is 5.97. The molecule has 2 rings (SSSR count). The lowest BCUT2D eigenvalue weighted by molar-refractivity contribution is -0.131. The highest BCUT2D eigenvalue weighted by Crippen LogP contribution is 2.33. The maximum atomic E-state index is 13.4. The molecule has 196 valence electrons. The van der Waals surface area contributed by atoms with Gasteiger partial charge in [-0.1, -0.05) is 6.07 Å². The van der Waals surface area contributed by atoms with Crippen molar-refractivity contribution in [2.45, 2.75) is 39.3 Å². The first-order chi connectivity index (χ1) is 17.0. The Morgan fingerprint density at radius 2 is 1.72 bits per heavy atom. The van der Waals surface area contributed by atoms with Gasteiger partial charge in [-0.15, -0.1) is 0 Å². The standard InChI is InChI=1S/C25H35N5O6/c1-6-34-20-15-17(9-12-19(20)35-14-13-33-5)21(23(31)30(28)24(32)36-25(2,3)4)29-18-10-7-16(8-11-18)22(26)27/h7-12,15,21,29H,6,13-14,28H2,1-5H3,(H3,26,27). The number of rotatable bonds is 11. The number of nitrogens with zero attached hydrogens (tertiary/aromatic N) is 1. The average molecular weight is 502 g/mol. The van der Waals surface area contributed by atoms with E-state index in [-0.39, 0.29) is 5.84 Å². The molecule has 0 aliphatic carbocycles. The molecule has 0 aliphatic heterocycles. The minimum atomic E-state index is -1.09. The van der Waals surface area contributed by atoms with E-state index in [0.717, 1.165) is 0 Å². The fourth-order valence-electron chi connectivity index (χ4n) is 3.07. The van der Waals surface area contributed by atoms with Crippen LogP contribution in [0.2, 0.25) is 0 Å². The topological polar surface area (TPSA) is 162 Å². The second-order valence-electron chi connectivity index (χ2n) is 8.74. The van der Waals surface area contributed by atoms with E-state index in [4.69, 9.17) is 35.9 Å². The molecule has 0 bridgehead atoms. The summed E-state index contributed by atoms with van der Waals surface area (Å²) in [5.74, 6) is 5.94. The van der Waals surface area contributed by atoms with Gasteiger partial charge in [-0.3, -0.25) is 10.2 Å². The zero-order valence-corrected chi connectivity index (χ0v) is 21.3. The van der Waals surface area contributed by atoms with Crippen molar-refractivity contribution in [2.24, 2.45) is 11.6 Å². The lowest BCUT2D eigenvalue weighted by Gasteiger charge is -2.27. The highest BCUT2D eigenvalue weighted by Gasteiger charge is 2.32. The molecule has 36 heavy (non-hydrogen) atoms. The van der Waals surface area contributed by atoms with E-state index in [9.17, 15) is 9.59 Å². The van der Waals surface area contributed by atoms with Gasteiger partial charge in [0.15, 0.2) is 11.5 Å². The molecule has 11 heteroatoms. The number of amides is 2. The molecule has 6 N–H and O–H groups in total. The van der Waals surface area contributed by atoms with Crippen molar-refractivity contribution in [1.29, 1.82) is 5.41 Å². The number of ether oxygens (including phenoxy) is 4. The van der Waals surface area contributed by atoms with Crippen molar-refractivity contribution in [3.63, 3.8) is 0 Å². The number of anilines is 1. The number of hydrazine groups is 1. The van der Waals surface area contributed by atoms with Gasteiger partial charge in [-0.05, 0) is 69.7 Å². The number of methoxy groups -OCH3 is 1. The highest BCUT2D eigenvalue weighted by atomic mass is 16.6. The number of hydrogen-bond donors (Lipinski definition) is 4. The first-order valence-electron chi connectivity index (χ1n) is 11.4. The Hall–Kier alpha value is -3.83. The second kappa shape index (κ2) is 12.8. The Morgan fingerprint density at radius 3 is 2.28 bits per heavy atom. The quantitative estimate of drug-likeness (QED) is 0.0904. The van der Waals surface area contributed by atoms with E-state index < -0.39 is 23.6 Å². The summed E-state index contributed by atoms with van der Waals surface area (Å²) in [6, 6.07) is 10.5. The summed E-state index contributed by atoms with van der Waals surface area (Å²) in [5, 5.41) is 11.1. The van der Waals surface area contributed by atoms with Crippen LogP contribution in [0.15, 0.2) is 42.5 Å². The van der Waals surface area contributed by atoms with Crippen molar-refractivity contribution in [3.05, 3.63) is 53.6 Å². The largest absolute Gasteiger partial charge is 0.490 e. The zero-order valence-electron chi connectivity index (χ0n) is 21.3. The van der Waals surface area contributed by atoms with Crippen molar-refractivity contribution in [3.8, 4) is 11.5 Å². The molecular formula is C25H35N5O6. The zero-order chi connectivity index (χ0) is 26.9. The Balaban J connectivity index is 2.44. The number of amidine groups is 1. The van der Waals surface area contributed by atoms with Crippen molar-refractivity contribution < 1.29 is 28.5 Å². The third kappa shape index (κ3) is 8.14. The van der Waals surface area contributed by atoms with Gasteiger partial charge in [0.25, 0.3) is 5.91 Å². The van der Waals surface area contributed by atoms with Crippen LogP contribution in [0.4, 0.5) is 10.5 Å². The fourth-order valence-corrected chi connectivity index (χ4v) is 3.07. The van der Waals surface area contributed by atoms with Gasteiger partial charge in [0.1, 0.15) is 24.1 Å². The third-order valence-corrected chi connectivity index (χ3v) is 4.73. The van der Waals surface area contributed by atoms with Crippen molar-refractivity contribution >= 4 is 23.5 Å².